The average molecular weight is 240 g/mol. The highest BCUT2D eigenvalue weighted by atomic mass is 32.2. The van der Waals surface area contributed by atoms with E-state index in [9.17, 15) is 4.79 Å². The Balaban J connectivity index is 2.57. The minimum atomic E-state index is -1.92. The Morgan fingerprint density at radius 1 is 1.31 bits per heavy atom. The van der Waals surface area contributed by atoms with Crippen LogP contribution >= 0.6 is 11.8 Å². The van der Waals surface area contributed by atoms with Crippen LogP contribution in [-0.4, -0.2) is 28.0 Å². The summed E-state index contributed by atoms with van der Waals surface area (Å²) in [6, 6.07) is 6.90. The number of aliphatic hydroxyl groups excluding tert-OH is 1. The molecule has 0 spiro atoms. The lowest BCUT2D eigenvalue weighted by atomic mass is 10.1. The van der Waals surface area contributed by atoms with Gasteiger partial charge in [0.2, 0.25) is 12.1 Å². The van der Waals surface area contributed by atoms with Gasteiger partial charge in [-0.3, -0.25) is 4.79 Å². The molecule has 0 aliphatic heterocycles. The number of carbonyl (C=O) groups excluding carboxylic acids is 1. The second kappa shape index (κ2) is 6.68. The highest BCUT2D eigenvalue weighted by molar-refractivity contribution is 7.99. The molecule has 0 amide bonds. The van der Waals surface area contributed by atoms with Crippen LogP contribution in [0.4, 0.5) is 0 Å². The van der Waals surface area contributed by atoms with Crippen molar-refractivity contribution in [3.05, 3.63) is 29.8 Å². The van der Waals surface area contributed by atoms with Crippen molar-refractivity contribution in [3.63, 3.8) is 0 Å². The number of rotatable bonds is 6. The van der Waals surface area contributed by atoms with Crippen LogP contribution in [-0.2, 0) is 0 Å². The molecule has 16 heavy (non-hydrogen) atoms. The normalized spacial score (nSPS) is 10.8. The summed E-state index contributed by atoms with van der Waals surface area (Å²) in [6.45, 7) is 2.14. The maximum Gasteiger partial charge on any atom is 0.218 e. The molecule has 0 fully saturated rings. The second-order valence-electron chi connectivity index (χ2n) is 3.46. The lowest BCUT2D eigenvalue weighted by molar-refractivity contribution is -0.0195. The van der Waals surface area contributed by atoms with Crippen LogP contribution in [0.5, 0.6) is 0 Å². The number of ketones is 1. The molecule has 0 saturated carbocycles. The van der Waals surface area contributed by atoms with Crippen LogP contribution in [0.2, 0.25) is 0 Å². The van der Waals surface area contributed by atoms with Crippen molar-refractivity contribution in [2.24, 2.45) is 0 Å². The third kappa shape index (κ3) is 3.96. The van der Waals surface area contributed by atoms with E-state index in [1.54, 1.807) is 23.9 Å². The van der Waals surface area contributed by atoms with E-state index in [-0.39, 0.29) is 0 Å². The van der Waals surface area contributed by atoms with Gasteiger partial charge in [-0.25, -0.2) is 0 Å². The van der Waals surface area contributed by atoms with Gasteiger partial charge in [0.1, 0.15) is 0 Å². The van der Waals surface area contributed by atoms with Crippen molar-refractivity contribution in [2.45, 2.75) is 31.0 Å². The summed E-state index contributed by atoms with van der Waals surface area (Å²) >= 11 is 1.74. The first-order valence-electron chi connectivity index (χ1n) is 5.28. The van der Waals surface area contributed by atoms with Gasteiger partial charge in [0.25, 0.3) is 0 Å². The first kappa shape index (κ1) is 13.2. The van der Waals surface area contributed by atoms with Gasteiger partial charge in [0.05, 0.1) is 0 Å². The number of hydrogen-bond acceptors (Lipinski definition) is 4. The smallest absolute Gasteiger partial charge is 0.218 e. The number of aliphatic hydroxyl groups is 2. The molecule has 0 heterocycles. The molecule has 1 aromatic rings. The standard InChI is InChI=1S/C12H16O3S/c1-2-3-8-16-10-6-4-9(5-7-10)11(13)12(14)15/h4-7,12,14-15H,2-3,8H2,1H3. The highest BCUT2D eigenvalue weighted by Gasteiger charge is 2.13. The molecule has 0 aliphatic rings. The number of hydrogen-bond donors (Lipinski definition) is 2. The van der Waals surface area contributed by atoms with E-state index in [4.69, 9.17) is 10.2 Å². The Kier molecular flexibility index (Phi) is 5.52. The molecule has 0 saturated heterocycles. The Bertz CT molecular complexity index is 333. The van der Waals surface area contributed by atoms with Gasteiger partial charge in [0, 0.05) is 10.5 Å². The first-order chi connectivity index (χ1) is 7.65. The third-order valence-electron chi connectivity index (χ3n) is 2.14. The molecule has 0 bridgehead atoms. The van der Waals surface area contributed by atoms with Gasteiger partial charge >= 0.3 is 0 Å². The van der Waals surface area contributed by atoms with E-state index >= 15 is 0 Å². The maximum atomic E-state index is 11.2. The molecule has 3 nitrogen and oxygen atoms in total. The van der Waals surface area contributed by atoms with E-state index in [2.05, 4.69) is 6.92 Å². The van der Waals surface area contributed by atoms with Gasteiger partial charge in [-0.05, 0) is 24.3 Å². The van der Waals surface area contributed by atoms with Crippen molar-refractivity contribution in [1.29, 1.82) is 0 Å². The fourth-order valence-corrected chi connectivity index (χ4v) is 2.20. The van der Waals surface area contributed by atoms with Gasteiger partial charge in [0.15, 0.2) is 0 Å². The molecule has 0 aromatic heterocycles. The number of thioether (sulfide) groups is 1. The van der Waals surface area contributed by atoms with E-state index in [0.717, 1.165) is 10.6 Å². The van der Waals surface area contributed by atoms with Gasteiger partial charge in [-0.15, -0.1) is 11.8 Å². The number of carbonyl (C=O) groups is 1. The van der Waals surface area contributed by atoms with E-state index in [1.165, 1.54) is 12.8 Å². The van der Waals surface area contributed by atoms with Crippen molar-refractivity contribution in [2.75, 3.05) is 5.75 Å². The molecule has 88 valence electrons. The average Bonchev–Trinajstić information content (AvgIpc) is 2.29. The van der Waals surface area contributed by atoms with Gasteiger partial charge < -0.3 is 10.2 Å². The molecule has 0 radical (unpaired) electrons. The summed E-state index contributed by atoms with van der Waals surface area (Å²) in [6.07, 6.45) is 0.416. The molecular formula is C12H16O3S. The number of Topliss-reactive ketones (excluding diaryl/α,β-unsaturated/α-hetero) is 1. The van der Waals surface area contributed by atoms with Crippen molar-refractivity contribution in [1.82, 2.24) is 0 Å². The predicted octanol–water partition coefficient (Wildman–Crippen LogP) is 2.07. The van der Waals surface area contributed by atoms with Crippen LogP contribution in [0.1, 0.15) is 30.1 Å². The molecular weight excluding hydrogens is 224 g/mol. The van der Waals surface area contributed by atoms with Crippen LogP contribution in [0.15, 0.2) is 29.2 Å². The van der Waals surface area contributed by atoms with Crippen LogP contribution < -0.4 is 0 Å². The molecule has 2 N–H and O–H groups in total. The maximum absolute atomic E-state index is 11.2. The van der Waals surface area contributed by atoms with Gasteiger partial charge in [-0.2, -0.15) is 0 Å². The fourth-order valence-electron chi connectivity index (χ4n) is 1.20. The fraction of sp³-hybridized carbons (Fsp3) is 0.417. The highest BCUT2D eigenvalue weighted by Crippen LogP contribution is 2.20. The number of unbranched alkanes of at least 4 members (excludes halogenated alkanes) is 1. The Morgan fingerprint density at radius 2 is 1.94 bits per heavy atom. The molecule has 0 atom stereocenters. The lowest BCUT2D eigenvalue weighted by Gasteiger charge is -2.04. The topological polar surface area (TPSA) is 57.5 Å². The SMILES string of the molecule is CCCCSc1ccc(C(=O)C(O)O)cc1. The molecule has 1 rings (SSSR count). The first-order valence-corrected chi connectivity index (χ1v) is 6.27. The summed E-state index contributed by atoms with van der Waals surface area (Å²) in [5.74, 6) is 0.400. The summed E-state index contributed by atoms with van der Waals surface area (Å²) < 4.78 is 0. The van der Waals surface area contributed by atoms with Crippen LogP contribution in [0.3, 0.4) is 0 Å². The minimum Gasteiger partial charge on any atom is -0.362 e. The second-order valence-corrected chi connectivity index (χ2v) is 4.63. The third-order valence-corrected chi connectivity index (χ3v) is 3.24. The zero-order chi connectivity index (χ0) is 12.0. The molecule has 0 unspecified atom stereocenters. The molecule has 1 aromatic carbocycles. The predicted molar refractivity (Wildman–Crippen MR) is 64.6 cm³/mol. The summed E-state index contributed by atoms with van der Waals surface area (Å²) in [5, 5.41) is 17.4. The Labute approximate surface area is 99.5 Å². The summed E-state index contributed by atoms with van der Waals surface area (Å²) in [7, 11) is 0. The minimum absolute atomic E-state index is 0.329. The van der Waals surface area contributed by atoms with E-state index < -0.39 is 12.1 Å². The monoisotopic (exact) mass is 240 g/mol. The number of benzene rings is 1. The Morgan fingerprint density at radius 3 is 2.44 bits per heavy atom. The van der Waals surface area contributed by atoms with Crippen LogP contribution in [0, 0.1) is 0 Å². The molecule has 0 aliphatic carbocycles. The zero-order valence-electron chi connectivity index (χ0n) is 9.22. The Hall–Kier alpha value is -0.840. The summed E-state index contributed by atoms with van der Waals surface area (Å²) in [4.78, 5) is 12.3. The van der Waals surface area contributed by atoms with Crippen molar-refractivity contribution < 1.29 is 15.0 Å². The summed E-state index contributed by atoms with van der Waals surface area (Å²) in [5.41, 5.74) is 0.329. The lowest BCUT2D eigenvalue weighted by Crippen LogP contribution is -2.19. The zero-order valence-corrected chi connectivity index (χ0v) is 10.0. The van der Waals surface area contributed by atoms with Crippen molar-refractivity contribution in [3.8, 4) is 0 Å². The van der Waals surface area contributed by atoms with E-state index in [1.807, 2.05) is 12.1 Å². The van der Waals surface area contributed by atoms with Crippen LogP contribution in [0.25, 0.3) is 0 Å². The van der Waals surface area contributed by atoms with E-state index in [0.29, 0.717) is 5.56 Å². The largest absolute Gasteiger partial charge is 0.362 e. The van der Waals surface area contributed by atoms with Gasteiger partial charge in [-0.1, -0.05) is 25.5 Å². The molecule has 4 heteroatoms. The van der Waals surface area contributed by atoms with Crippen molar-refractivity contribution >= 4 is 17.5 Å². The quantitative estimate of drug-likeness (QED) is 0.346.